The maximum atomic E-state index is 13.4. The van der Waals surface area contributed by atoms with Gasteiger partial charge in [0.25, 0.3) is 5.56 Å². The standard InChI is InChI=1S/C27H26N4O3S/c1-5-19-6-8-20(9-7-19)14-29-25(33)24-22(10-11-35-24)31-26(29)28-30(27(31)34)15-23(32)21-13-17(3)16(2)12-18(21)4/h6-13H,5,14-15H2,1-4H3. The number of nitrogens with zero attached hydrogens (tertiary/aromatic N) is 4. The van der Waals surface area contributed by atoms with Crippen molar-refractivity contribution in [2.24, 2.45) is 0 Å². The quantitative estimate of drug-likeness (QED) is 0.336. The number of aromatic nitrogens is 4. The molecule has 0 N–H and O–H groups in total. The molecular formula is C27H26N4O3S. The monoisotopic (exact) mass is 486 g/mol. The molecule has 0 saturated carbocycles. The summed E-state index contributed by atoms with van der Waals surface area (Å²) in [5, 5.41) is 6.27. The van der Waals surface area contributed by atoms with Gasteiger partial charge in [-0.15, -0.1) is 16.4 Å². The molecule has 0 aliphatic heterocycles. The van der Waals surface area contributed by atoms with Gasteiger partial charge < -0.3 is 0 Å². The number of thiophene rings is 1. The lowest BCUT2D eigenvalue weighted by atomic mass is 9.98. The Hall–Kier alpha value is -3.78. The Morgan fingerprint density at radius 3 is 2.34 bits per heavy atom. The Morgan fingerprint density at radius 2 is 1.63 bits per heavy atom. The maximum Gasteiger partial charge on any atom is 0.352 e. The van der Waals surface area contributed by atoms with Gasteiger partial charge in [0.2, 0.25) is 5.78 Å². The minimum absolute atomic E-state index is 0.193. The van der Waals surface area contributed by atoms with Crippen molar-refractivity contribution in [2.45, 2.75) is 47.2 Å². The predicted molar refractivity (Wildman–Crippen MR) is 139 cm³/mol. The molecule has 0 bridgehead atoms. The largest absolute Gasteiger partial charge is 0.352 e. The van der Waals surface area contributed by atoms with Crippen molar-refractivity contribution in [3.8, 4) is 0 Å². The van der Waals surface area contributed by atoms with Crippen LogP contribution in [0.1, 0.15) is 45.1 Å². The predicted octanol–water partition coefficient (Wildman–Crippen LogP) is 4.29. The van der Waals surface area contributed by atoms with E-state index in [0.29, 0.717) is 15.8 Å². The Morgan fingerprint density at radius 1 is 0.943 bits per heavy atom. The average Bonchev–Trinajstić information content (AvgIpc) is 3.44. The van der Waals surface area contributed by atoms with E-state index in [2.05, 4.69) is 12.0 Å². The third kappa shape index (κ3) is 3.93. The van der Waals surface area contributed by atoms with Gasteiger partial charge in [-0.3, -0.25) is 14.2 Å². The summed E-state index contributed by atoms with van der Waals surface area (Å²) >= 11 is 1.30. The zero-order chi connectivity index (χ0) is 24.9. The van der Waals surface area contributed by atoms with Crippen LogP contribution < -0.4 is 11.2 Å². The first-order valence-corrected chi connectivity index (χ1v) is 12.4. The first-order chi connectivity index (χ1) is 16.8. The van der Waals surface area contributed by atoms with Gasteiger partial charge in [-0.05, 0) is 72.5 Å². The SMILES string of the molecule is CCc1ccc(Cn2c(=O)c3sccc3n3c(=O)n(CC(=O)c4cc(C)c(C)cc4C)nc23)cc1. The highest BCUT2D eigenvalue weighted by Crippen LogP contribution is 2.19. The van der Waals surface area contributed by atoms with Crippen molar-refractivity contribution in [2.75, 3.05) is 0 Å². The van der Waals surface area contributed by atoms with Crippen LogP contribution in [0.5, 0.6) is 0 Å². The molecule has 5 aromatic rings. The molecule has 7 nitrogen and oxygen atoms in total. The van der Waals surface area contributed by atoms with Gasteiger partial charge in [-0.1, -0.05) is 37.3 Å². The number of hydrogen-bond acceptors (Lipinski definition) is 5. The normalized spacial score (nSPS) is 11.5. The summed E-state index contributed by atoms with van der Waals surface area (Å²) in [5.41, 5.74) is 5.59. The van der Waals surface area contributed by atoms with Crippen LogP contribution in [-0.4, -0.2) is 24.5 Å². The van der Waals surface area contributed by atoms with Crippen LogP contribution >= 0.6 is 11.3 Å². The Bertz CT molecular complexity index is 1720. The Balaban J connectivity index is 1.63. The van der Waals surface area contributed by atoms with Crippen LogP contribution in [0.2, 0.25) is 0 Å². The number of Topliss-reactive ketones (excluding diaryl/α,β-unsaturated/α-hetero) is 1. The fourth-order valence-electron chi connectivity index (χ4n) is 4.42. The molecule has 5 rings (SSSR count). The summed E-state index contributed by atoms with van der Waals surface area (Å²) in [7, 11) is 0. The zero-order valence-electron chi connectivity index (χ0n) is 20.2. The average molecular weight is 487 g/mol. The van der Waals surface area contributed by atoms with E-state index in [0.717, 1.165) is 28.7 Å². The van der Waals surface area contributed by atoms with Crippen LogP contribution in [0.15, 0.2) is 57.4 Å². The maximum absolute atomic E-state index is 13.4. The summed E-state index contributed by atoms with van der Waals surface area (Å²) < 4.78 is 4.61. The number of benzene rings is 2. The molecule has 0 aliphatic rings. The number of rotatable bonds is 6. The Kier molecular flexibility index (Phi) is 5.76. The molecule has 0 aliphatic carbocycles. The van der Waals surface area contributed by atoms with Crippen molar-refractivity contribution < 1.29 is 4.79 Å². The van der Waals surface area contributed by atoms with Crippen LogP contribution in [0.25, 0.3) is 16.0 Å². The van der Waals surface area contributed by atoms with E-state index >= 15 is 0 Å². The van der Waals surface area contributed by atoms with Gasteiger partial charge in [0.1, 0.15) is 11.2 Å². The van der Waals surface area contributed by atoms with E-state index in [-0.39, 0.29) is 30.2 Å². The lowest BCUT2D eigenvalue weighted by Gasteiger charge is -2.09. The van der Waals surface area contributed by atoms with Gasteiger partial charge in [-0.25, -0.2) is 13.9 Å². The van der Waals surface area contributed by atoms with Crippen molar-refractivity contribution in [3.05, 3.63) is 102 Å². The van der Waals surface area contributed by atoms with Crippen LogP contribution in [0, 0.1) is 20.8 Å². The summed E-state index contributed by atoms with van der Waals surface area (Å²) in [6.45, 7) is 8.03. The second-order valence-corrected chi connectivity index (χ2v) is 9.86. The summed E-state index contributed by atoms with van der Waals surface area (Å²) in [6, 6.07) is 13.6. The third-order valence-corrected chi connectivity index (χ3v) is 7.49. The molecular weight excluding hydrogens is 460 g/mol. The van der Waals surface area contributed by atoms with E-state index < -0.39 is 5.69 Å². The van der Waals surface area contributed by atoms with Crippen LogP contribution in [0.3, 0.4) is 0 Å². The minimum atomic E-state index is -0.437. The van der Waals surface area contributed by atoms with Crippen LogP contribution in [0.4, 0.5) is 0 Å². The second kappa shape index (κ2) is 8.78. The van der Waals surface area contributed by atoms with Gasteiger partial charge in [0, 0.05) is 5.56 Å². The van der Waals surface area contributed by atoms with Crippen molar-refractivity contribution in [1.29, 1.82) is 0 Å². The minimum Gasteiger partial charge on any atom is -0.292 e. The highest BCUT2D eigenvalue weighted by atomic mass is 32.1. The fourth-order valence-corrected chi connectivity index (χ4v) is 5.25. The molecule has 0 radical (unpaired) electrons. The summed E-state index contributed by atoms with van der Waals surface area (Å²) in [4.78, 5) is 39.9. The summed E-state index contributed by atoms with van der Waals surface area (Å²) in [6.07, 6.45) is 0.930. The van der Waals surface area contributed by atoms with Crippen molar-refractivity contribution in [3.63, 3.8) is 0 Å². The van der Waals surface area contributed by atoms with E-state index in [9.17, 15) is 14.4 Å². The Labute approximate surface area is 205 Å². The zero-order valence-corrected chi connectivity index (χ0v) is 21.0. The molecule has 0 atom stereocenters. The van der Waals surface area contributed by atoms with Gasteiger partial charge >= 0.3 is 5.69 Å². The number of carbonyl (C=O) groups excluding carboxylic acids is 1. The molecule has 0 amide bonds. The number of hydrogen-bond donors (Lipinski definition) is 0. The molecule has 35 heavy (non-hydrogen) atoms. The van der Waals surface area contributed by atoms with Gasteiger partial charge in [-0.2, -0.15) is 0 Å². The van der Waals surface area contributed by atoms with E-state index in [4.69, 9.17) is 0 Å². The topological polar surface area (TPSA) is 78.4 Å². The van der Waals surface area contributed by atoms with Gasteiger partial charge in [0.15, 0.2) is 5.78 Å². The lowest BCUT2D eigenvalue weighted by molar-refractivity contribution is 0.0965. The smallest absolute Gasteiger partial charge is 0.292 e. The second-order valence-electron chi connectivity index (χ2n) is 8.95. The molecule has 178 valence electrons. The molecule has 8 heteroatoms. The van der Waals surface area contributed by atoms with E-state index in [1.807, 2.05) is 57.2 Å². The van der Waals surface area contributed by atoms with E-state index in [1.54, 1.807) is 11.4 Å². The van der Waals surface area contributed by atoms with E-state index in [1.165, 1.54) is 30.5 Å². The van der Waals surface area contributed by atoms with Crippen molar-refractivity contribution in [1.82, 2.24) is 18.7 Å². The first kappa shape index (κ1) is 23.0. The van der Waals surface area contributed by atoms with Crippen molar-refractivity contribution >= 4 is 33.1 Å². The lowest BCUT2D eigenvalue weighted by Crippen LogP contribution is -2.27. The molecule has 0 fully saturated rings. The fraction of sp³-hybridized carbons (Fsp3) is 0.259. The van der Waals surface area contributed by atoms with Gasteiger partial charge in [0.05, 0.1) is 12.1 Å². The first-order valence-electron chi connectivity index (χ1n) is 11.6. The molecule has 3 aromatic heterocycles. The molecule has 3 heterocycles. The molecule has 0 unspecified atom stereocenters. The highest BCUT2D eigenvalue weighted by Gasteiger charge is 2.21. The highest BCUT2D eigenvalue weighted by molar-refractivity contribution is 7.17. The molecule has 0 spiro atoms. The molecule has 0 saturated heterocycles. The summed E-state index contributed by atoms with van der Waals surface area (Å²) in [5.74, 6) is 0.0387. The number of aryl methyl sites for hydroxylation is 4. The third-order valence-electron chi connectivity index (χ3n) is 6.59. The number of ketones is 1. The molecule has 2 aromatic carbocycles. The van der Waals surface area contributed by atoms with Crippen LogP contribution in [-0.2, 0) is 19.5 Å². The number of carbonyl (C=O) groups is 1. The number of fused-ring (bicyclic) bond motifs is 3.